The van der Waals surface area contributed by atoms with Gasteiger partial charge in [-0.1, -0.05) is 164 Å². The first-order chi connectivity index (χ1) is 24.8. The van der Waals surface area contributed by atoms with Crippen LogP contribution in [0.15, 0.2) is 182 Å². The van der Waals surface area contributed by atoms with Gasteiger partial charge in [0.25, 0.3) is 0 Å². The first-order valence-electron chi connectivity index (χ1n) is 17.0. The molecule has 2 heterocycles. The number of ether oxygens (including phenoxy) is 1. The standard InChI is InChI=1S/C47H30N2O/c1-3-15-31(16-4-1)42-30-43(32-17-5-2-6-18-32)49-46(48-42)34-20-13-19-33(29-34)35-23-14-27-41-45(35)50-44-28-12-11-26-40(44)47(41)38-24-9-7-21-36(38)37-22-8-10-25-39(37)47/h1-30H. The number of hydrogen-bond acceptors (Lipinski definition) is 3. The summed E-state index contributed by atoms with van der Waals surface area (Å²) in [5.41, 5.74) is 13.8. The van der Waals surface area contributed by atoms with Crippen molar-refractivity contribution in [2.24, 2.45) is 0 Å². The fraction of sp³-hybridized carbons (Fsp3) is 0.0213. The van der Waals surface area contributed by atoms with E-state index in [-0.39, 0.29) is 0 Å². The molecular formula is C47H30N2O. The van der Waals surface area contributed by atoms with Crippen LogP contribution in [-0.2, 0) is 5.41 Å². The molecule has 1 aliphatic carbocycles. The van der Waals surface area contributed by atoms with Gasteiger partial charge >= 0.3 is 0 Å². The molecular weight excluding hydrogens is 609 g/mol. The normalized spacial score (nSPS) is 13.1. The van der Waals surface area contributed by atoms with Crippen LogP contribution in [0.1, 0.15) is 22.3 Å². The van der Waals surface area contributed by atoms with Gasteiger partial charge in [0.2, 0.25) is 0 Å². The SMILES string of the molecule is c1ccc(-c2cc(-c3ccccc3)nc(-c3cccc(-c4cccc5c4Oc4ccccc4C54c5ccccc5-c5ccccc54)c3)n2)cc1. The molecule has 1 spiro atoms. The zero-order valence-electron chi connectivity index (χ0n) is 27.1. The molecule has 0 unspecified atom stereocenters. The molecule has 10 rings (SSSR count). The van der Waals surface area contributed by atoms with Gasteiger partial charge in [0, 0.05) is 33.4 Å². The lowest BCUT2D eigenvalue weighted by Gasteiger charge is -2.40. The van der Waals surface area contributed by atoms with Crippen molar-refractivity contribution in [1.29, 1.82) is 0 Å². The summed E-state index contributed by atoms with van der Waals surface area (Å²) >= 11 is 0. The summed E-state index contributed by atoms with van der Waals surface area (Å²) in [6, 6.07) is 64.0. The minimum atomic E-state index is -0.511. The Labute approximate surface area is 291 Å². The quantitative estimate of drug-likeness (QED) is 0.192. The van der Waals surface area contributed by atoms with E-state index in [2.05, 4.69) is 146 Å². The predicted octanol–water partition coefficient (Wildman–Crippen LogP) is 11.6. The summed E-state index contributed by atoms with van der Waals surface area (Å²) in [5, 5.41) is 0. The van der Waals surface area contributed by atoms with E-state index in [0.29, 0.717) is 5.82 Å². The van der Waals surface area contributed by atoms with Crippen LogP contribution in [-0.4, -0.2) is 9.97 Å². The molecule has 50 heavy (non-hydrogen) atoms. The van der Waals surface area contributed by atoms with E-state index in [0.717, 1.165) is 61.8 Å². The number of aromatic nitrogens is 2. The molecule has 0 amide bonds. The molecule has 0 saturated carbocycles. The Bertz CT molecular complexity index is 2470. The molecule has 8 aromatic rings. The van der Waals surface area contributed by atoms with Crippen molar-refractivity contribution in [3.63, 3.8) is 0 Å². The Morgan fingerprint density at radius 2 is 0.840 bits per heavy atom. The molecule has 0 radical (unpaired) electrons. The van der Waals surface area contributed by atoms with Crippen LogP contribution in [0.3, 0.4) is 0 Å². The van der Waals surface area contributed by atoms with Gasteiger partial charge in [-0.2, -0.15) is 0 Å². The Hall–Kier alpha value is -6.58. The third kappa shape index (κ3) is 4.23. The van der Waals surface area contributed by atoms with Crippen molar-refractivity contribution in [3.05, 3.63) is 204 Å². The number of nitrogens with zero attached hydrogens (tertiary/aromatic N) is 2. The lowest BCUT2D eigenvalue weighted by atomic mass is 9.65. The van der Waals surface area contributed by atoms with Crippen LogP contribution in [0, 0.1) is 0 Å². The molecule has 0 saturated heterocycles. The third-order valence-corrected chi connectivity index (χ3v) is 10.2. The van der Waals surface area contributed by atoms with Crippen molar-refractivity contribution in [1.82, 2.24) is 9.97 Å². The lowest BCUT2D eigenvalue weighted by molar-refractivity contribution is 0.438. The third-order valence-electron chi connectivity index (χ3n) is 10.2. The molecule has 3 nitrogen and oxygen atoms in total. The summed E-state index contributed by atoms with van der Waals surface area (Å²) in [4.78, 5) is 10.2. The van der Waals surface area contributed by atoms with E-state index in [1.807, 2.05) is 36.4 Å². The maximum Gasteiger partial charge on any atom is 0.160 e. The molecule has 0 fully saturated rings. The highest BCUT2D eigenvalue weighted by atomic mass is 16.5. The molecule has 7 aromatic carbocycles. The largest absolute Gasteiger partial charge is 0.456 e. The molecule has 2 aliphatic rings. The summed E-state index contributed by atoms with van der Waals surface area (Å²) in [6.07, 6.45) is 0. The number of rotatable bonds is 4. The monoisotopic (exact) mass is 638 g/mol. The number of para-hydroxylation sites is 2. The number of benzene rings is 7. The average Bonchev–Trinajstić information content (AvgIpc) is 3.49. The first-order valence-corrected chi connectivity index (χ1v) is 17.0. The van der Waals surface area contributed by atoms with Gasteiger partial charge in [0.1, 0.15) is 11.5 Å². The summed E-state index contributed by atoms with van der Waals surface area (Å²) in [7, 11) is 0. The van der Waals surface area contributed by atoms with Crippen molar-refractivity contribution < 1.29 is 4.74 Å². The second-order valence-corrected chi connectivity index (χ2v) is 12.9. The van der Waals surface area contributed by atoms with Crippen LogP contribution in [0.25, 0.3) is 56.2 Å². The Morgan fingerprint density at radius 1 is 0.360 bits per heavy atom. The van der Waals surface area contributed by atoms with E-state index in [4.69, 9.17) is 14.7 Å². The van der Waals surface area contributed by atoms with E-state index in [9.17, 15) is 0 Å². The smallest absolute Gasteiger partial charge is 0.160 e. The maximum atomic E-state index is 6.95. The fourth-order valence-corrected chi connectivity index (χ4v) is 8.02. The Balaban J connectivity index is 1.18. The number of hydrogen-bond donors (Lipinski definition) is 0. The summed E-state index contributed by atoms with van der Waals surface area (Å²) < 4.78 is 6.95. The first kappa shape index (κ1) is 28.4. The van der Waals surface area contributed by atoms with Crippen molar-refractivity contribution in [2.45, 2.75) is 5.41 Å². The van der Waals surface area contributed by atoms with Crippen LogP contribution >= 0.6 is 0 Å². The Kier molecular flexibility index (Phi) is 6.40. The fourth-order valence-electron chi connectivity index (χ4n) is 8.02. The van der Waals surface area contributed by atoms with Gasteiger partial charge in [-0.05, 0) is 46.0 Å². The van der Waals surface area contributed by atoms with E-state index >= 15 is 0 Å². The van der Waals surface area contributed by atoms with Gasteiger partial charge in [-0.25, -0.2) is 9.97 Å². The van der Waals surface area contributed by atoms with Crippen LogP contribution in [0.2, 0.25) is 0 Å². The average molecular weight is 639 g/mol. The molecule has 3 heteroatoms. The molecule has 234 valence electrons. The minimum absolute atomic E-state index is 0.511. The van der Waals surface area contributed by atoms with Crippen LogP contribution < -0.4 is 4.74 Å². The van der Waals surface area contributed by atoms with Crippen molar-refractivity contribution in [2.75, 3.05) is 0 Å². The lowest BCUT2D eigenvalue weighted by Crippen LogP contribution is -2.32. The van der Waals surface area contributed by atoms with Gasteiger partial charge in [0.15, 0.2) is 5.82 Å². The zero-order chi connectivity index (χ0) is 33.1. The number of fused-ring (bicyclic) bond motifs is 9. The predicted molar refractivity (Wildman–Crippen MR) is 201 cm³/mol. The zero-order valence-corrected chi connectivity index (χ0v) is 27.1. The highest BCUT2D eigenvalue weighted by Gasteiger charge is 2.51. The van der Waals surface area contributed by atoms with Gasteiger partial charge in [0.05, 0.1) is 16.8 Å². The second kappa shape index (κ2) is 11.3. The van der Waals surface area contributed by atoms with Crippen LogP contribution in [0.5, 0.6) is 11.5 Å². The van der Waals surface area contributed by atoms with Gasteiger partial charge in [-0.3, -0.25) is 0 Å². The highest BCUT2D eigenvalue weighted by molar-refractivity contribution is 5.90. The van der Waals surface area contributed by atoms with Crippen molar-refractivity contribution in [3.8, 4) is 67.7 Å². The van der Waals surface area contributed by atoms with Crippen molar-refractivity contribution >= 4 is 0 Å². The maximum absolute atomic E-state index is 6.95. The van der Waals surface area contributed by atoms with E-state index in [1.54, 1.807) is 0 Å². The Morgan fingerprint density at radius 3 is 1.50 bits per heavy atom. The molecule has 1 aliphatic heterocycles. The molecule has 0 bridgehead atoms. The van der Waals surface area contributed by atoms with E-state index < -0.39 is 5.41 Å². The summed E-state index contributed by atoms with van der Waals surface area (Å²) in [5.74, 6) is 2.43. The molecule has 0 atom stereocenters. The van der Waals surface area contributed by atoms with Gasteiger partial charge in [-0.15, -0.1) is 0 Å². The topological polar surface area (TPSA) is 35.0 Å². The van der Waals surface area contributed by atoms with E-state index in [1.165, 1.54) is 22.3 Å². The van der Waals surface area contributed by atoms with Crippen LogP contribution in [0.4, 0.5) is 0 Å². The minimum Gasteiger partial charge on any atom is -0.456 e. The summed E-state index contributed by atoms with van der Waals surface area (Å²) in [6.45, 7) is 0. The molecule has 0 N–H and O–H groups in total. The van der Waals surface area contributed by atoms with Gasteiger partial charge < -0.3 is 4.74 Å². The second-order valence-electron chi connectivity index (χ2n) is 12.9. The molecule has 1 aromatic heterocycles. The highest BCUT2D eigenvalue weighted by Crippen LogP contribution is 2.63.